The summed E-state index contributed by atoms with van der Waals surface area (Å²) in [5.41, 5.74) is 2.34. The molecule has 2 rings (SSSR count). The van der Waals surface area contributed by atoms with Crippen LogP contribution in [0.3, 0.4) is 0 Å². The largest absolute Gasteiger partial charge is 0.382 e. The molecule has 11 heavy (non-hydrogen) atoms. The van der Waals surface area contributed by atoms with Crippen LogP contribution in [0.4, 0.5) is 0 Å². The maximum atomic E-state index is 4.22. The van der Waals surface area contributed by atoms with E-state index in [0.717, 1.165) is 10.2 Å². The van der Waals surface area contributed by atoms with Crippen LogP contribution in [0.15, 0.2) is 17.6 Å². The molecule has 0 bridgehead atoms. The molecular weight excluding hydrogens is 231 g/mol. The standard InChI is InChI=1S/C8H6NS.Y/c1-6-5-10-7-3-2-4-9-8(6)7;/h2,4-5H,1H3;/q-1;. The number of thiophene rings is 1. The number of nitrogens with zero attached hydrogens (tertiary/aromatic N) is 1. The number of fused-ring (bicyclic) bond motifs is 1. The molecule has 0 fully saturated rings. The minimum atomic E-state index is 0. The number of rotatable bonds is 0. The second-order valence-corrected chi connectivity index (χ2v) is 3.07. The number of hydrogen-bond donors (Lipinski definition) is 0. The third kappa shape index (κ3) is 1.69. The maximum absolute atomic E-state index is 4.22. The Morgan fingerprint density at radius 1 is 1.55 bits per heavy atom. The van der Waals surface area contributed by atoms with Crippen molar-refractivity contribution in [2.75, 3.05) is 0 Å². The zero-order valence-electron chi connectivity index (χ0n) is 6.16. The molecule has 0 spiro atoms. The molecule has 0 saturated carbocycles. The van der Waals surface area contributed by atoms with Crippen molar-refractivity contribution >= 4 is 21.6 Å². The molecule has 2 aromatic rings. The molecule has 0 aromatic carbocycles. The van der Waals surface area contributed by atoms with Crippen molar-refractivity contribution in [2.45, 2.75) is 6.92 Å². The minimum Gasteiger partial charge on any atom is -0.382 e. The van der Waals surface area contributed by atoms with E-state index in [2.05, 4.69) is 23.4 Å². The Morgan fingerprint density at radius 3 is 3.09 bits per heavy atom. The summed E-state index contributed by atoms with van der Waals surface area (Å²) >= 11 is 1.70. The van der Waals surface area contributed by atoms with Crippen molar-refractivity contribution in [1.29, 1.82) is 0 Å². The van der Waals surface area contributed by atoms with Crippen molar-refractivity contribution in [1.82, 2.24) is 4.98 Å². The van der Waals surface area contributed by atoms with E-state index in [0.29, 0.717) is 0 Å². The summed E-state index contributed by atoms with van der Waals surface area (Å²) in [6.45, 7) is 2.07. The van der Waals surface area contributed by atoms with Gasteiger partial charge >= 0.3 is 0 Å². The second kappa shape index (κ2) is 3.75. The molecule has 0 atom stereocenters. The van der Waals surface area contributed by atoms with Gasteiger partial charge in [0.1, 0.15) is 0 Å². The Bertz CT molecular complexity index is 356. The van der Waals surface area contributed by atoms with Crippen molar-refractivity contribution in [3.63, 3.8) is 0 Å². The van der Waals surface area contributed by atoms with Gasteiger partial charge in [-0.15, -0.1) is 0 Å². The zero-order chi connectivity index (χ0) is 6.97. The summed E-state index contributed by atoms with van der Waals surface area (Å²) < 4.78 is 1.15. The van der Waals surface area contributed by atoms with Crippen LogP contribution in [0, 0.1) is 13.0 Å². The van der Waals surface area contributed by atoms with E-state index in [1.54, 1.807) is 17.5 Å². The summed E-state index contributed by atoms with van der Waals surface area (Å²) in [7, 11) is 0. The molecule has 0 aliphatic rings. The van der Waals surface area contributed by atoms with Gasteiger partial charge in [-0.25, -0.2) is 0 Å². The molecule has 0 N–H and O–H groups in total. The first-order chi connectivity index (χ1) is 4.88. The molecule has 1 nitrogen and oxygen atoms in total. The SMILES string of the molecule is Cc1csc2[c-]ccnc12.[Y]. The zero-order valence-corrected chi connectivity index (χ0v) is 9.82. The number of aryl methyl sites for hydroxylation is 1. The summed E-state index contributed by atoms with van der Waals surface area (Å²) in [6.07, 6.45) is 1.78. The topological polar surface area (TPSA) is 12.9 Å². The molecule has 2 heterocycles. The predicted octanol–water partition coefficient (Wildman–Crippen LogP) is 2.40. The van der Waals surface area contributed by atoms with E-state index in [4.69, 9.17) is 0 Å². The third-order valence-corrected chi connectivity index (χ3v) is 2.45. The molecule has 3 heteroatoms. The van der Waals surface area contributed by atoms with Crippen LogP contribution < -0.4 is 0 Å². The fraction of sp³-hybridized carbons (Fsp3) is 0.125. The van der Waals surface area contributed by atoms with Crippen molar-refractivity contribution in [3.05, 3.63) is 29.3 Å². The van der Waals surface area contributed by atoms with Gasteiger partial charge in [0.15, 0.2) is 0 Å². The Labute approximate surface area is 94.7 Å². The molecule has 1 radical (unpaired) electrons. The van der Waals surface area contributed by atoms with Gasteiger partial charge in [0, 0.05) is 32.7 Å². The molecule has 2 aromatic heterocycles. The van der Waals surface area contributed by atoms with Crippen LogP contribution in [0.2, 0.25) is 0 Å². The van der Waals surface area contributed by atoms with Gasteiger partial charge in [-0.05, 0) is 17.8 Å². The van der Waals surface area contributed by atoms with Gasteiger partial charge in [0.2, 0.25) is 0 Å². The van der Waals surface area contributed by atoms with Crippen LogP contribution in [-0.4, -0.2) is 4.98 Å². The van der Waals surface area contributed by atoms with Gasteiger partial charge in [0.25, 0.3) is 0 Å². The van der Waals surface area contributed by atoms with Crippen molar-refractivity contribution < 1.29 is 32.7 Å². The van der Waals surface area contributed by atoms with Gasteiger partial charge < -0.3 is 4.98 Å². The summed E-state index contributed by atoms with van der Waals surface area (Å²) in [5.74, 6) is 0. The predicted molar refractivity (Wildman–Crippen MR) is 43.2 cm³/mol. The van der Waals surface area contributed by atoms with Crippen LogP contribution in [0.5, 0.6) is 0 Å². The van der Waals surface area contributed by atoms with E-state index >= 15 is 0 Å². The maximum Gasteiger partial charge on any atom is 0 e. The Balaban J connectivity index is 0.000000605. The fourth-order valence-corrected chi connectivity index (χ4v) is 1.79. The molecule has 0 aliphatic heterocycles. The van der Waals surface area contributed by atoms with Crippen LogP contribution >= 0.6 is 11.3 Å². The molecule has 0 aliphatic carbocycles. The number of aromatic nitrogens is 1. The van der Waals surface area contributed by atoms with Gasteiger partial charge in [-0.3, -0.25) is 0 Å². The van der Waals surface area contributed by atoms with Crippen molar-refractivity contribution in [3.8, 4) is 0 Å². The summed E-state index contributed by atoms with van der Waals surface area (Å²) in [6, 6.07) is 4.97. The molecule has 53 valence electrons. The van der Waals surface area contributed by atoms with Crippen LogP contribution in [0.25, 0.3) is 10.2 Å². The molecule has 0 amide bonds. The number of pyridine rings is 1. The van der Waals surface area contributed by atoms with E-state index in [1.165, 1.54) is 5.56 Å². The first-order valence-corrected chi connectivity index (χ1v) is 3.96. The van der Waals surface area contributed by atoms with E-state index in [-0.39, 0.29) is 32.7 Å². The number of hydrogen-bond acceptors (Lipinski definition) is 2. The smallest absolute Gasteiger partial charge is 0 e. The Hall–Kier alpha value is 0.214. The van der Waals surface area contributed by atoms with Crippen molar-refractivity contribution in [2.24, 2.45) is 0 Å². The van der Waals surface area contributed by atoms with Gasteiger partial charge in [-0.1, -0.05) is 16.5 Å². The van der Waals surface area contributed by atoms with E-state index in [9.17, 15) is 0 Å². The third-order valence-electron chi connectivity index (χ3n) is 1.43. The van der Waals surface area contributed by atoms with Gasteiger partial charge in [-0.2, -0.15) is 23.5 Å². The first-order valence-electron chi connectivity index (χ1n) is 3.08. The van der Waals surface area contributed by atoms with Crippen LogP contribution in [-0.2, 0) is 32.7 Å². The monoisotopic (exact) mass is 237 g/mol. The normalized spacial score (nSPS) is 9.55. The fourth-order valence-electron chi connectivity index (χ4n) is 0.926. The molecular formula is C8H6NSY-. The Kier molecular flexibility index (Phi) is 3.17. The average Bonchev–Trinajstić information content (AvgIpc) is 2.34. The average molecular weight is 237 g/mol. The van der Waals surface area contributed by atoms with E-state index in [1.807, 2.05) is 6.07 Å². The quantitative estimate of drug-likeness (QED) is 0.641. The summed E-state index contributed by atoms with van der Waals surface area (Å²) in [5, 5.41) is 2.11. The second-order valence-electron chi connectivity index (χ2n) is 2.19. The molecule has 0 saturated heterocycles. The van der Waals surface area contributed by atoms with Gasteiger partial charge in [0.05, 0.1) is 0 Å². The molecule has 0 unspecified atom stereocenters. The van der Waals surface area contributed by atoms with Crippen LogP contribution in [0.1, 0.15) is 5.56 Å². The summed E-state index contributed by atoms with van der Waals surface area (Å²) in [4.78, 5) is 4.22. The van der Waals surface area contributed by atoms with E-state index < -0.39 is 0 Å². The first kappa shape index (κ1) is 9.30. The Morgan fingerprint density at radius 2 is 2.36 bits per heavy atom. The minimum absolute atomic E-state index is 0.